The van der Waals surface area contributed by atoms with Crippen LogP contribution in [0, 0.1) is 0 Å². The minimum Gasteiger partial charge on any atom is -0.359 e. The summed E-state index contributed by atoms with van der Waals surface area (Å²) < 4.78 is 0. The van der Waals surface area contributed by atoms with E-state index in [4.69, 9.17) is 35.4 Å². The summed E-state index contributed by atoms with van der Waals surface area (Å²) in [6, 6.07) is 5.80. The van der Waals surface area contributed by atoms with Gasteiger partial charge in [0.05, 0.1) is 16.3 Å². The van der Waals surface area contributed by atoms with E-state index in [1.807, 2.05) is 0 Å². The minimum atomic E-state index is 0.461. The number of thiocarbonyl (C=S) groups is 1. The van der Waals surface area contributed by atoms with Gasteiger partial charge in [0.15, 0.2) is 5.11 Å². The molecule has 0 heterocycles. The molecule has 0 unspecified atom stereocenters. The first kappa shape index (κ1) is 15.5. The van der Waals surface area contributed by atoms with E-state index in [1.54, 1.807) is 24.4 Å². The van der Waals surface area contributed by atoms with E-state index in [0.29, 0.717) is 26.8 Å². The van der Waals surface area contributed by atoms with Crippen LogP contribution in [0.5, 0.6) is 0 Å². The summed E-state index contributed by atoms with van der Waals surface area (Å²) in [5.41, 5.74) is 3.49. The fourth-order valence-electron chi connectivity index (χ4n) is 2.25. The van der Waals surface area contributed by atoms with Crippen molar-refractivity contribution in [3.8, 4) is 0 Å². The molecule has 1 aliphatic rings. The average molecular weight is 330 g/mol. The molecule has 108 valence electrons. The Morgan fingerprint density at radius 2 is 1.85 bits per heavy atom. The molecule has 0 aromatic heterocycles. The Hall–Kier alpha value is -0.840. The zero-order valence-electron chi connectivity index (χ0n) is 11.0. The average Bonchev–Trinajstić information content (AvgIpc) is 2.43. The summed E-state index contributed by atoms with van der Waals surface area (Å²) in [5, 5.41) is 9.02. The molecule has 1 aliphatic carbocycles. The Bertz CT molecular complexity index is 479. The first-order valence-corrected chi connectivity index (χ1v) is 7.87. The maximum absolute atomic E-state index is 6.05. The van der Waals surface area contributed by atoms with Crippen molar-refractivity contribution in [3.05, 3.63) is 33.8 Å². The van der Waals surface area contributed by atoms with E-state index in [0.717, 1.165) is 0 Å². The van der Waals surface area contributed by atoms with E-state index >= 15 is 0 Å². The van der Waals surface area contributed by atoms with Crippen molar-refractivity contribution in [2.75, 3.05) is 0 Å². The van der Waals surface area contributed by atoms with Crippen LogP contribution in [0.4, 0.5) is 0 Å². The molecule has 0 atom stereocenters. The third kappa shape index (κ3) is 4.62. The lowest BCUT2D eigenvalue weighted by atomic mass is 9.96. The number of hydrogen-bond donors (Lipinski definition) is 2. The number of halogens is 2. The van der Waals surface area contributed by atoms with E-state index in [-0.39, 0.29) is 0 Å². The third-order valence-corrected chi connectivity index (χ3v) is 4.17. The van der Waals surface area contributed by atoms with E-state index in [2.05, 4.69) is 15.8 Å². The highest BCUT2D eigenvalue weighted by Crippen LogP contribution is 2.22. The summed E-state index contributed by atoms with van der Waals surface area (Å²) >= 11 is 17.3. The lowest BCUT2D eigenvalue weighted by molar-refractivity contribution is 0.412. The molecule has 0 saturated heterocycles. The first-order chi connectivity index (χ1) is 9.66. The Morgan fingerprint density at radius 1 is 1.20 bits per heavy atom. The zero-order valence-corrected chi connectivity index (χ0v) is 13.4. The minimum absolute atomic E-state index is 0.461. The normalized spacial score (nSPS) is 16.3. The van der Waals surface area contributed by atoms with Crippen LogP contribution < -0.4 is 10.7 Å². The summed E-state index contributed by atoms with van der Waals surface area (Å²) in [4.78, 5) is 0. The molecule has 1 fully saturated rings. The number of benzene rings is 1. The molecule has 1 saturated carbocycles. The highest BCUT2D eigenvalue weighted by atomic mass is 35.5. The lowest BCUT2D eigenvalue weighted by Gasteiger charge is -2.23. The van der Waals surface area contributed by atoms with Gasteiger partial charge in [0.2, 0.25) is 0 Å². The van der Waals surface area contributed by atoms with Crippen LogP contribution in [0.15, 0.2) is 23.3 Å². The maximum atomic E-state index is 6.05. The molecule has 1 aromatic rings. The van der Waals surface area contributed by atoms with Gasteiger partial charge in [0, 0.05) is 11.6 Å². The summed E-state index contributed by atoms with van der Waals surface area (Å²) in [7, 11) is 0. The van der Waals surface area contributed by atoms with Crippen LogP contribution in [-0.2, 0) is 0 Å². The molecule has 0 aliphatic heterocycles. The predicted octanol–water partition coefficient (Wildman–Crippen LogP) is 4.12. The van der Waals surface area contributed by atoms with Crippen molar-refractivity contribution < 1.29 is 0 Å². The smallest absolute Gasteiger partial charge is 0.187 e. The van der Waals surface area contributed by atoms with Crippen LogP contribution in [0.25, 0.3) is 0 Å². The fourth-order valence-corrected chi connectivity index (χ4v) is 2.97. The van der Waals surface area contributed by atoms with Crippen LogP contribution >= 0.6 is 35.4 Å². The molecule has 3 nitrogen and oxygen atoms in total. The van der Waals surface area contributed by atoms with E-state index in [1.165, 1.54) is 32.1 Å². The zero-order chi connectivity index (χ0) is 14.4. The molecule has 0 radical (unpaired) electrons. The summed E-state index contributed by atoms with van der Waals surface area (Å²) in [5.74, 6) is 0. The SMILES string of the molecule is S=C(N/N=C/c1c(Cl)cccc1Cl)NC1CCCCC1. The molecular weight excluding hydrogens is 313 g/mol. The van der Waals surface area contributed by atoms with Crippen LogP contribution in [-0.4, -0.2) is 17.4 Å². The predicted molar refractivity (Wildman–Crippen MR) is 89.8 cm³/mol. The van der Waals surface area contributed by atoms with Crippen molar-refractivity contribution in [2.45, 2.75) is 38.1 Å². The van der Waals surface area contributed by atoms with Gasteiger partial charge < -0.3 is 5.32 Å². The van der Waals surface area contributed by atoms with Crippen molar-refractivity contribution in [2.24, 2.45) is 5.10 Å². The Labute approximate surface area is 134 Å². The number of hydrogen-bond acceptors (Lipinski definition) is 2. The Kier molecular flexibility index (Phi) is 6.07. The number of rotatable bonds is 3. The molecule has 1 aromatic carbocycles. The monoisotopic (exact) mass is 329 g/mol. The van der Waals surface area contributed by atoms with Gasteiger partial charge in [-0.1, -0.05) is 48.5 Å². The maximum Gasteiger partial charge on any atom is 0.187 e. The highest BCUT2D eigenvalue weighted by Gasteiger charge is 2.13. The van der Waals surface area contributed by atoms with Gasteiger partial charge in [-0.3, -0.25) is 5.43 Å². The van der Waals surface area contributed by atoms with Gasteiger partial charge in [0.25, 0.3) is 0 Å². The molecule has 20 heavy (non-hydrogen) atoms. The van der Waals surface area contributed by atoms with Gasteiger partial charge >= 0.3 is 0 Å². The third-order valence-electron chi connectivity index (χ3n) is 3.30. The molecule has 0 bridgehead atoms. The van der Waals surface area contributed by atoms with E-state index < -0.39 is 0 Å². The lowest BCUT2D eigenvalue weighted by Crippen LogP contribution is -2.40. The second-order valence-electron chi connectivity index (χ2n) is 4.81. The van der Waals surface area contributed by atoms with Crippen LogP contribution in [0.1, 0.15) is 37.7 Å². The molecule has 0 spiro atoms. The van der Waals surface area contributed by atoms with Gasteiger partial charge in [-0.2, -0.15) is 5.10 Å². The fraction of sp³-hybridized carbons (Fsp3) is 0.429. The van der Waals surface area contributed by atoms with Gasteiger partial charge in [-0.05, 0) is 37.2 Å². The largest absolute Gasteiger partial charge is 0.359 e. The van der Waals surface area contributed by atoms with Gasteiger partial charge in [0.1, 0.15) is 0 Å². The molecule has 6 heteroatoms. The second kappa shape index (κ2) is 7.81. The standard InChI is InChI=1S/C14H17Cl2N3S/c15-12-7-4-8-13(16)11(12)9-17-19-14(20)18-10-5-2-1-3-6-10/h4,7-10H,1-3,5-6H2,(H2,18,19,20)/b17-9+. The Balaban J connectivity index is 1.84. The van der Waals surface area contributed by atoms with Crippen molar-refractivity contribution in [1.29, 1.82) is 0 Å². The second-order valence-corrected chi connectivity index (χ2v) is 6.04. The quantitative estimate of drug-likeness (QED) is 0.497. The number of nitrogens with zero attached hydrogens (tertiary/aromatic N) is 1. The Morgan fingerprint density at radius 3 is 2.50 bits per heavy atom. The molecule has 2 N–H and O–H groups in total. The van der Waals surface area contributed by atoms with Crippen LogP contribution in [0.2, 0.25) is 10.0 Å². The summed E-state index contributed by atoms with van der Waals surface area (Å²) in [6.45, 7) is 0. The van der Waals surface area contributed by atoms with Crippen molar-refractivity contribution >= 4 is 46.7 Å². The molecule has 2 rings (SSSR count). The van der Waals surface area contributed by atoms with Crippen LogP contribution in [0.3, 0.4) is 0 Å². The van der Waals surface area contributed by atoms with E-state index in [9.17, 15) is 0 Å². The van der Waals surface area contributed by atoms with Crippen molar-refractivity contribution in [1.82, 2.24) is 10.7 Å². The highest BCUT2D eigenvalue weighted by molar-refractivity contribution is 7.80. The topological polar surface area (TPSA) is 36.4 Å². The van der Waals surface area contributed by atoms with Gasteiger partial charge in [-0.25, -0.2) is 0 Å². The number of hydrazone groups is 1. The molecular formula is C14H17Cl2N3S. The molecule has 0 amide bonds. The first-order valence-electron chi connectivity index (χ1n) is 6.70. The van der Waals surface area contributed by atoms with Gasteiger partial charge in [-0.15, -0.1) is 0 Å². The number of nitrogens with one attached hydrogen (secondary N) is 2. The van der Waals surface area contributed by atoms with Crippen molar-refractivity contribution in [3.63, 3.8) is 0 Å². The summed E-state index contributed by atoms with van der Waals surface area (Å²) in [6.07, 6.45) is 7.77.